The third-order valence-electron chi connectivity index (χ3n) is 4.38. The molecule has 1 aliphatic heterocycles. The molecule has 27 heavy (non-hydrogen) atoms. The van der Waals surface area contributed by atoms with E-state index in [9.17, 15) is 21.6 Å². The fourth-order valence-corrected chi connectivity index (χ4v) is 4.85. The van der Waals surface area contributed by atoms with Gasteiger partial charge in [-0.05, 0) is 24.7 Å². The van der Waals surface area contributed by atoms with E-state index >= 15 is 0 Å². The van der Waals surface area contributed by atoms with E-state index in [2.05, 4.69) is 4.74 Å². The van der Waals surface area contributed by atoms with Gasteiger partial charge in [-0.1, -0.05) is 42.5 Å². The Bertz CT molecular complexity index is 888. The van der Waals surface area contributed by atoms with Crippen molar-refractivity contribution < 1.29 is 26.3 Å². The molecule has 0 radical (unpaired) electrons. The molecule has 0 aliphatic carbocycles. The maximum atomic E-state index is 13.2. The molecule has 2 aromatic carbocycles. The first-order valence-electron chi connectivity index (χ1n) is 8.28. The van der Waals surface area contributed by atoms with Crippen LogP contribution in [0.5, 0.6) is 5.75 Å². The number of benzene rings is 2. The average molecular weight is 400 g/mol. The first kappa shape index (κ1) is 19.7. The van der Waals surface area contributed by atoms with Crippen LogP contribution in [0.3, 0.4) is 0 Å². The summed E-state index contributed by atoms with van der Waals surface area (Å²) in [5, 5.41) is 0. The summed E-state index contributed by atoms with van der Waals surface area (Å²) in [6.07, 6.45) is -4.98. The smallest absolute Gasteiger partial charge is 0.404 e. The molecule has 1 heterocycles. The third kappa shape index (κ3) is 4.42. The number of para-hydroxylation sites is 1. The molecule has 1 fully saturated rings. The summed E-state index contributed by atoms with van der Waals surface area (Å²) in [5.41, 5.74) is 0.779. The number of ether oxygens (including phenoxy) is 1. The zero-order chi connectivity index (χ0) is 19.7. The normalized spacial score (nSPS) is 19.8. The first-order valence-corrected chi connectivity index (χ1v) is 9.72. The minimum Gasteiger partial charge on any atom is -0.404 e. The molecule has 3 rings (SSSR count). The number of piperazine rings is 1. The van der Waals surface area contributed by atoms with E-state index in [1.807, 2.05) is 30.1 Å². The van der Waals surface area contributed by atoms with Gasteiger partial charge in [-0.25, -0.2) is 8.42 Å². The van der Waals surface area contributed by atoms with Crippen LogP contribution in [0.25, 0.3) is 0 Å². The number of likely N-dealkylation sites (N-methyl/N-ethyl adjacent to an activating group) is 1. The van der Waals surface area contributed by atoms with Crippen molar-refractivity contribution in [3.8, 4) is 5.75 Å². The molecule has 0 saturated carbocycles. The van der Waals surface area contributed by atoms with E-state index in [-0.39, 0.29) is 6.54 Å². The molecule has 146 valence electrons. The molecule has 2 aromatic rings. The summed E-state index contributed by atoms with van der Waals surface area (Å²) in [6, 6.07) is 13.4. The summed E-state index contributed by atoms with van der Waals surface area (Å²) < 4.78 is 69.8. The van der Waals surface area contributed by atoms with Crippen LogP contribution in [0, 0.1) is 0 Å². The molecule has 0 spiro atoms. The van der Waals surface area contributed by atoms with Crippen molar-refractivity contribution in [3.05, 3.63) is 60.2 Å². The fraction of sp³-hybridized carbons (Fsp3) is 0.333. The van der Waals surface area contributed by atoms with Crippen LogP contribution < -0.4 is 4.74 Å². The highest BCUT2D eigenvalue weighted by Gasteiger charge is 2.39. The van der Waals surface area contributed by atoms with Crippen LogP contribution in [-0.2, 0) is 10.0 Å². The highest BCUT2D eigenvalue weighted by molar-refractivity contribution is 7.89. The third-order valence-corrected chi connectivity index (χ3v) is 6.33. The number of rotatable bonds is 4. The van der Waals surface area contributed by atoms with Crippen LogP contribution in [0.2, 0.25) is 0 Å². The number of hydrogen-bond donors (Lipinski definition) is 0. The average Bonchev–Trinajstić information content (AvgIpc) is 2.61. The second kappa shape index (κ2) is 7.49. The predicted molar refractivity (Wildman–Crippen MR) is 93.7 cm³/mol. The van der Waals surface area contributed by atoms with Gasteiger partial charge in [-0.2, -0.15) is 4.31 Å². The van der Waals surface area contributed by atoms with E-state index in [1.54, 1.807) is 12.1 Å². The minimum absolute atomic E-state index is 0.165. The minimum atomic E-state index is -4.98. The molecule has 5 nitrogen and oxygen atoms in total. The number of nitrogens with zero attached hydrogens (tertiary/aromatic N) is 2. The van der Waals surface area contributed by atoms with Gasteiger partial charge in [-0.15, -0.1) is 13.2 Å². The van der Waals surface area contributed by atoms with Gasteiger partial charge in [0.15, 0.2) is 0 Å². The predicted octanol–water partition coefficient (Wildman–Crippen LogP) is 3.26. The Morgan fingerprint density at radius 3 is 2.30 bits per heavy atom. The molecule has 0 N–H and O–H groups in total. The summed E-state index contributed by atoms with van der Waals surface area (Å²) in [7, 11) is -2.33. The topological polar surface area (TPSA) is 49.9 Å². The molecule has 0 aromatic heterocycles. The van der Waals surface area contributed by atoms with Crippen molar-refractivity contribution in [3.63, 3.8) is 0 Å². The lowest BCUT2D eigenvalue weighted by Crippen LogP contribution is -2.49. The summed E-state index contributed by atoms with van der Waals surface area (Å²) in [5.74, 6) is -0.726. The molecule has 1 unspecified atom stereocenters. The molecule has 1 atom stereocenters. The summed E-state index contributed by atoms with van der Waals surface area (Å²) in [4.78, 5) is 1.50. The van der Waals surface area contributed by atoms with Gasteiger partial charge in [0.25, 0.3) is 0 Å². The number of halogens is 3. The van der Waals surface area contributed by atoms with Gasteiger partial charge < -0.3 is 9.64 Å². The number of hydrogen-bond acceptors (Lipinski definition) is 4. The largest absolute Gasteiger partial charge is 0.573 e. The van der Waals surface area contributed by atoms with Gasteiger partial charge in [0.1, 0.15) is 10.6 Å². The number of alkyl halides is 3. The molecule has 0 amide bonds. The molecule has 1 saturated heterocycles. The number of sulfonamides is 1. The van der Waals surface area contributed by atoms with Crippen molar-refractivity contribution in [1.29, 1.82) is 0 Å². The first-order chi connectivity index (χ1) is 12.7. The van der Waals surface area contributed by atoms with Gasteiger partial charge in [-0.3, -0.25) is 0 Å². The van der Waals surface area contributed by atoms with Gasteiger partial charge in [0.05, 0.1) is 6.04 Å². The lowest BCUT2D eigenvalue weighted by atomic mass is 10.1. The Kier molecular flexibility index (Phi) is 5.45. The Morgan fingerprint density at radius 1 is 1.00 bits per heavy atom. The van der Waals surface area contributed by atoms with Crippen LogP contribution in [0.1, 0.15) is 11.6 Å². The fourth-order valence-electron chi connectivity index (χ4n) is 3.14. The second-order valence-corrected chi connectivity index (χ2v) is 8.16. The van der Waals surface area contributed by atoms with Crippen LogP contribution in [0.4, 0.5) is 13.2 Å². The maximum Gasteiger partial charge on any atom is 0.573 e. The van der Waals surface area contributed by atoms with Crippen molar-refractivity contribution in [1.82, 2.24) is 9.21 Å². The molecule has 1 aliphatic rings. The van der Waals surface area contributed by atoms with Gasteiger partial charge >= 0.3 is 6.36 Å². The van der Waals surface area contributed by atoms with Crippen molar-refractivity contribution in [2.45, 2.75) is 17.3 Å². The van der Waals surface area contributed by atoms with E-state index in [0.29, 0.717) is 13.1 Å². The molecule has 0 bridgehead atoms. The lowest BCUT2D eigenvalue weighted by molar-refractivity contribution is -0.275. The SMILES string of the molecule is CN1CCN(S(=O)(=O)c2ccccc2OC(F)(F)F)C(c2ccccc2)C1. The van der Waals surface area contributed by atoms with E-state index in [4.69, 9.17) is 0 Å². The lowest BCUT2D eigenvalue weighted by Gasteiger charge is -2.39. The Hall–Kier alpha value is -2.10. The van der Waals surface area contributed by atoms with E-state index in [0.717, 1.165) is 17.7 Å². The molecule has 9 heteroatoms. The Morgan fingerprint density at radius 2 is 1.63 bits per heavy atom. The Balaban J connectivity index is 2.03. The quantitative estimate of drug-likeness (QED) is 0.791. The second-order valence-electron chi connectivity index (χ2n) is 6.30. The van der Waals surface area contributed by atoms with Gasteiger partial charge in [0.2, 0.25) is 10.0 Å². The Labute approximate surface area is 156 Å². The standard InChI is InChI=1S/C18H19F3N2O3S/c1-22-11-12-23(15(13-22)14-7-3-2-4-8-14)27(24,25)17-10-6-5-9-16(17)26-18(19,20)21/h2-10,15H,11-13H2,1H3. The monoisotopic (exact) mass is 400 g/mol. The van der Waals surface area contributed by atoms with Crippen LogP contribution >= 0.6 is 0 Å². The van der Waals surface area contributed by atoms with E-state index < -0.39 is 33.1 Å². The zero-order valence-corrected chi connectivity index (χ0v) is 15.4. The van der Waals surface area contributed by atoms with E-state index in [1.165, 1.54) is 16.4 Å². The highest BCUT2D eigenvalue weighted by Crippen LogP contribution is 2.36. The molecular weight excluding hydrogens is 381 g/mol. The van der Waals surface area contributed by atoms with Crippen LogP contribution in [-0.4, -0.2) is 50.7 Å². The highest BCUT2D eigenvalue weighted by atomic mass is 32.2. The summed E-state index contributed by atoms with van der Waals surface area (Å²) >= 11 is 0. The zero-order valence-electron chi connectivity index (χ0n) is 14.6. The summed E-state index contributed by atoms with van der Waals surface area (Å²) in [6.45, 7) is 1.08. The van der Waals surface area contributed by atoms with Crippen molar-refractivity contribution >= 4 is 10.0 Å². The molecular formula is C18H19F3N2O3S. The van der Waals surface area contributed by atoms with Gasteiger partial charge in [0, 0.05) is 19.6 Å². The van der Waals surface area contributed by atoms with Crippen LogP contribution in [0.15, 0.2) is 59.5 Å². The van der Waals surface area contributed by atoms with Crippen molar-refractivity contribution in [2.75, 3.05) is 26.7 Å². The maximum absolute atomic E-state index is 13.2. The van der Waals surface area contributed by atoms with Crippen molar-refractivity contribution in [2.24, 2.45) is 0 Å².